The Hall–Kier alpha value is -1.73. The fraction of sp³-hybridized carbons (Fsp3) is 0.533. The summed E-state index contributed by atoms with van der Waals surface area (Å²) < 4.78 is 5.24. The predicted octanol–water partition coefficient (Wildman–Crippen LogP) is 1.41. The molecule has 0 aromatic carbocycles. The number of rotatable bonds is 4. The monoisotopic (exact) mass is 318 g/mol. The first kappa shape index (κ1) is 13.9. The summed E-state index contributed by atoms with van der Waals surface area (Å²) in [5, 5.41) is 11.3. The van der Waals surface area contributed by atoms with Gasteiger partial charge in [-0.1, -0.05) is 5.16 Å². The maximum Gasteiger partial charge on any atom is 0.227 e. The fourth-order valence-electron chi connectivity index (χ4n) is 3.30. The number of carbonyl (C=O) groups excluding carboxylic acids is 1. The molecule has 0 aliphatic carbocycles. The van der Waals surface area contributed by atoms with Crippen LogP contribution in [0.3, 0.4) is 0 Å². The second-order valence-electron chi connectivity index (χ2n) is 6.00. The molecule has 2 aromatic heterocycles. The van der Waals surface area contributed by atoms with E-state index in [1.165, 1.54) is 0 Å². The van der Waals surface area contributed by atoms with E-state index >= 15 is 0 Å². The van der Waals surface area contributed by atoms with Crippen LogP contribution in [0.4, 0.5) is 0 Å². The normalized spacial score (nSPS) is 23.9. The molecule has 22 heavy (non-hydrogen) atoms. The Morgan fingerprint density at radius 3 is 2.95 bits per heavy atom. The molecule has 0 saturated carbocycles. The Kier molecular flexibility index (Phi) is 3.67. The van der Waals surface area contributed by atoms with Crippen molar-refractivity contribution in [2.45, 2.75) is 12.8 Å². The van der Waals surface area contributed by atoms with Crippen LogP contribution in [-0.4, -0.2) is 47.1 Å². The second-order valence-corrected chi connectivity index (χ2v) is 6.78. The number of hydrogen-bond donors (Lipinski definition) is 1. The lowest BCUT2D eigenvalue weighted by Crippen LogP contribution is -2.32. The molecule has 2 aliphatic rings. The zero-order chi connectivity index (χ0) is 14.9. The highest BCUT2D eigenvalue weighted by Gasteiger charge is 2.37. The number of fused-ring (bicyclic) bond motifs is 1. The summed E-state index contributed by atoms with van der Waals surface area (Å²) in [7, 11) is 0. The van der Waals surface area contributed by atoms with E-state index in [0.29, 0.717) is 36.4 Å². The van der Waals surface area contributed by atoms with E-state index in [0.717, 1.165) is 31.7 Å². The van der Waals surface area contributed by atoms with Crippen molar-refractivity contribution in [2.24, 2.45) is 11.8 Å². The van der Waals surface area contributed by atoms with Gasteiger partial charge in [-0.25, -0.2) is 0 Å². The molecule has 2 aliphatic heterocycles. The van der Waals surface area contributed by atoms with Crippen molar-refractivity contribution in [1.82, 2.24) is 20.4 Å². The Morgan fingerprint density at radius 1 is 1.41 bits per heavy atom. The van der Waals surface area contributed by atoms with Gasteiger partial charge in [-0.3, -0.25) is 4.79 Å². The lowest BCUT2D eigenvalue weighted by Gasteiger charge is -2.16. The number of likely N-dealkylation sites (tertiary alicyclic amines) is 1. The van der Waals surface area contributed by atoms with Gasteiger partial charge in [-0.15, -0.1) is 0 Å². The van der Waals surface area contributed by atoms with Gasteiger partial charge in [-0.05, 0) is 23.3 Å². The van der Waals surface area contributed by atoms with Gasteiger partial charge < -0.3 is 14.7 Å². The largest absolute Gasteiger partial charge is 0.342 e. The van der Waals surface area contributed by atoms with Crippen LogP contribution in [0.1, 0.15) is 12.3 Å². The Bertz CT molecular complexity index is 642. The lowest BCUT2D eigenvalue weighted by molar-refractivity contribution is -0.130. The molecule has 0 unspecified atom stereocenters. The van der Waals surface area contributed by atoms with E-state index in [1.54, 1.807) is 11.3 Å². The molecule has 7 heteroatoms. The van der Waals surface area contributed by atoms with Crippen LogP contribution in [0.25, 0.3) is 11.4 Å². The van der Waals surface area contributed by atoms with Gasteiger partial charge in [0.15, 0.2) is 0 Å². The molecule has 2 aromatic rings. The highest BCUT2D eigenvalue weighted by molar-refractivity contribution is 7.08. The summed E-state index contributed by atoms with van der Waals surface area (Å²) in [6, 6.07) is 1.96. The summed E-state index contributed by atoms with van der Waals surface area (Å²) in [6.45, 7) is 3.87. The van der Waals surface area contributed by atoms with E-state index in [-0.39, 0.29) is 5.91 Å². The molecule has 0 spiro atoms. The van der Waals surface area contributed by atoms with Gasteiger partial charge in [0.25, 0.3) is 0 Å². The average Bonchev–Trinajstić information content (AvgIpc) is 3.26. The van der Waals surface area contributed by atoms with Crippen molar-refractivity contribution >= 4 is 17.2 Å². The molecule has 1 N–H and O–H groups in total. The number of nitrogens with zero attached hydrogens (tertiary/aromatic N) is 3. The van der Waals surface area contributed by atoms with Crippen LogP contribution < -0.4 is 5.32 Å². The first-order chi connectivity index (χ1) is 10.8. The fourth-order valence-corrected chi connectivity index (χ4v) is 3.93. The third-order valence-corrected chi connectivity index (χ3v) is 5.23. The summed E-state index contributed by atoms with van der Waals surface area (Å²) in [5.74, 6) is 2.61. The molecule has 116 valence electrons. The van der Waals surface area contributed by atoms with Crippen LogP contribution in [0.2, 0.25) is 0 Å². The Balaban J connectivity index is 1.32. The summed E-state index contributed by atoms with van der Waals surface area (Å²) >= 11 is 1.60. The maximum atomic E-state index is 12.3. The van der Waals surface area contributed by atoms with Crippen LogP contribution in [0, 0.1) is 11.8 Å². The number of aryl methyl sites for hydroxylation is 1. The second kappa shape index (κ2) is 5.81. The van der Waals surface area contributed by atoms with Crippen LogP contribution in [-0.2, 0) is 11.2 Å². The summed E-state index contributed by atoms with van der Waals surface area (Å²) in [6.07, 6.45) is 0.957. The Labute approximate surface area is 132 Å². The molecule has 2 saturated heterocycles. The number of hydrogen-bond acceptors (Lipinski definition) is 6. The van der Waals surface area contributed by atoms with Gasteiger partial charge in [0, 0.05) is 50.0 Å². The molecular formula is C15H18N4O2S. The molecule has 4 rings (SSSR count). The number of carbonyl (C=O) groups is 1. The van der Waals surface area contributed by atoms with Crippen molar-refractivity contribution in [2.75, 3.05) is 26.2 Å². The van der Waals surface area contributed by atoms with E-state index in [9.17, 15) is 4.79 Å². The topological polar surface area (TPSA) is 71.3 Å². The minimum absolute atomic E-state index is 0.199. The standard InChI is InChI=1S/C15H18N4O2S/c20-14(19-7-11-5-16-6-12(11)8-19)2-1-13-17-15(18-21-13)10-3-4-22-9-10/h3-4,9,11-12,16H,1-2,5-8H2/t11-,12+. The highest BCUT2D eigenvalue weighted by atomic mass is 32.1. The summed E-state index contributed by atoms with van der Waals surface area (Å²) in [4.78, 5) is 18.7. The third-order valence-electron chi connectivity index (χ3n) is 4.54. The van der Waals surface area contributed by atoms with E-state index in [4.69, 9.17) is 4.52 Å². The Morgan fingerprint density at radius 2 is 2.23 bits per heavy atom. The van der Waals surface area contributed by atoms with E-state index < -0.39 is 0 Å². The van der Waals surface area contributed by atoms with E-state index in [2.05, 4.69) is 15.5 Å². The van der Waals surface area contributed by atoms with Crippen molar-refractivity contribution < 1.29 is 9.32 Å². The number of amides is 1. The summed E-state index contributed by atoms with van der Waals surface area (Å²) in [5.41, 5.74) is 0.964. The van der Waals surface area contributed by atoms with Crippen molar-refractivity contribution in [3.63, 3.8) is 0 Å². The number of nitrogens with one attached hydrogen (secondary N) is 1. The molecule has 2 fully saturated rings. The molecule has 4 heterocycles. The van der Waals surface area contributed by atoms with E-state index in [1.807, 2.05) is 21.7 Å². The maximum absolute atomic E-state index is 12.3. The van der Waals surface area contributed by atoms with Crippen LogP contribution >= 0.6 is 11.3 Å². The predicted molar refractivity (Wildman–Crippen MR) is 82.4 cm³/mol. The molecular weight excluding hydrogens is 300 g/mol. The lowest BCUT2D eigenvalue weighted by atomic mass is 10.0. The first-order valence-corrected chi connectivity index (χ1v) is 8.57. The molecule has 0 radical (unpaired) electrons. The SMILES string of the molecule is O=C(CCc1nc(-c2ccsc2)no1)N1C[C@H]2CNC[C@H]2C1. The van der Waals surface area contributed by atoms with Gasteiger partial charge in [-0.2, -0.15) is 16.3 Å². The van der Waals surface area contributed by atoms with Crippen molar-refractivity contribution in [3.05, 3.63) is 22.7 Å². The quantitative estimate of drug-likeness (QED) is 0.923. The van der Waals surface area contributed by atoms with Gasteiger partial charge >= 0.3 is 0 Å². The molecule has 1 amide bonds. The molecule has 0 bridgehead atoms. The third kappa shape index (κ3) is 2.66. The average molecular weight is 318 g/mol. The highest BCUT2D eigenvalue weighted by Crippen LogP contribution is 2.27. The number of thiophene rings is 1. The van der Waals surface area contributed by atoms with Gasteiger partial charge in [0.1, 0.15) is 0 Å². The minimum atomic E-state index is 0.199. The zero-order valence-electron chi connectivity index (χ0n) is 12.2. The molecule has 2 atom stereocenters. The first-order valence-electron chi connectivity index (χ1n) is 7.63. The van der Waals surface area contributed by atoms with Gasteiger partial charge in [0.2, 0.25) is 17.6 Å². The van der Waals surface area contributed by atoms with Crippen molar-refractivity contribution in [3.8, 4) is 11.4 Å². The number of aromatic nitrogens is 2. The van der Waals surface area contributed by atoms with Gasteiger partial charge in [0.05, 0.1) is 0 Å². The minimum Gasteiger partial charge on any atom is -0.342 e. The smallest absolute Gasteiger partial charge is 0.227 e. The van der Waals surface area contributed by atoms with Crippen LogP contribution in [0.15, 0.2) is 21.3 Å². The van der Waals surface area contributed by atoms with Crippen molar-refractivity contribution in [1.29, 1.82) is 0 Å². The molecule has 6 nitrogen and oxygen atoms in total. The van der Waals surface area contributed by atoms with Crippen LogP contribution in [0.5, 0.6) is 0 Å². The zero-order valence-corrected chi connectivity index (χ0v) is 13.0.